The van der Waals surface area contributed by atoms with Crippen LogP contribution in [0, 0.1) is 17.0 Å². The lowest BCUT2D eigenvalue weighted by Gasteiger charge is -2.24. The van der Waals surface area contributed by atoms with Gasteiger partial charge in [-0.3, -0.25) is 14.9 Å². The summed E-state index contributed by atoms with van der Waals surface area (Å²) in [6, 6.07) is 4.43. The molecule has 0 bridgehead atoms. The molecule has 0 aliphatic heterocycles. The van der Waals surface area contributed by atoms with Crippen LogP contribution < -0.4 is 11.1 Å². The maximum Gasteiger partial charge on any atom is 0.282 e. The van der Waals surface area contributed by atoms with E-state index in [0.29, 0.717) is 0 Å². The molecule has 0 unspecified atom stereocenters. The molecule has 6 nitrogen and oxygen atoms in total. The van der Waals surface area contributed by atoms with Crippen LogP contribution in [-0.2, 0) is 0 Å². The molecule has 0 heterocycles. The van der Waals surface area contributed by atoms with E-state index in [1.165, 1.54) is 12.1 Å². The van der Waals surface area contributed by atoms with Crippen molar-refractivity contribution in [3.05, 3.63) is 39.4 Å². The number of hydrogen-bond donors (Lipinski definition) is 2. The Bertz CT molecular complexity index is 483. The fourth-order valence-electron chi connectivity index (χ4n) is 1.42. The zero-order chi connectivity index (χ0) is 13.9. The van der Waals surface area contributed by atoms with Crippen LogP contribution in [-0.4, -0.2) is 22.9 Å². The SMILES string of the molecule is Cc1ccc([N+](=O)[O-])c(C(=O)NC(C)(C)CN)c1. The predicted octanol–water partition coefficient (Wildman–Crippen LogP) is 1.37. The number of aryl methyl sites for hydroxylation is 1. The fourth-order valence-corrected chi connectivity index (χ4v) is 1.42. The van der Waals surface area contributed by atoms with Gasteiger partial charge in [-0.15, -0.1) is 0 Å². The zero-order valence-corrected chi connectivity index (χ0v) is 10.7. The molecule has 3 N–H and O–H groups in total. The van der Waals surface area contributed by atoms with Crippen molar-refractivity contribution in [3.8, 4) is 0 Å². The molecule has 18 heavy (non-hydrogen) atoms. The van der Waals surface area contributed by atoms with Crippen molar-refractivity contribution in [2.45, 2.75) is 26.3 Å². The highest BCUT2D eigenvalue weighted by Gasteiger charge is 2.25. The normalized spacial score (nSPS) is 11.1. The quantitative estimate of drug-likeness (QED) is 0.623. The Morgan fingerprint density at radius 2 is 2.11 bits per heavy atom. The molecule has 98 valence electrons. The summed E-state index contributed by atoms with van der Waals surface area (Å²) >= 11 is 0. The molecular weight excluding hydrogens is 234 g/mol. The van der Waals surface area contributed by atoms with E-state index in [4.69, 9.17) is 5.73 Å². The van der Waals surface area contributed by atoms with Gasteiger partial charge >= 0.3 is 0 Å². The largest absolute Gasteiger partial charge is 0.346 e. The van der Waals surface area contributed by atoms with Crippen LogP contribution in [0.4, 0.5) is 5.69 Å². The lowest BCUT2D eigenvalue weighted by Crippen LogP contribution is -2.48. The number of carbonyl (C=O) groups excluding carboxylic acids is 1. The van der Waals surface area contributed by atoms with Gasteiger partial charge in [-0.2, -0.15) is 0 Å². The number of nitro groups is 1. The summed E-state index contributed by atoms with van der Waals surface area (Å²) < 4.78 is 0. The Morgan fingerprint density at radius 1 is 1.50 bits per heavy atom. The summed E-state index contributed by atoms with van der Waals surface area (Å²) in [7, 11) is 0. The number of amides is 1. The van der Waals surface area contributed by atoms with Crippen molar-refractivity contribution >= 4 is 11.6 Å². The minimum atomic E-state index is -0.602. The van der Waals surface area contributed by atoms with E-state index in [1.807, 2.05) is 0 Å². The standard InChI is InChI=1S/C12H17N3O3/c1-8-4-5-10(15(17)18)9(6-8)11(16)14-12(2,3)7-13/h4-6H,7,13H2,1-3H3,(H,14,16). The second-order valence-corrected chi connectivity index (χ2v) is 4.82. The third-order valence-electron chi connectivity index (χ3n) is 2.56. The van der Waals surface area contributed by atoms with Gasteiger partial charge < -0.3 is 11.1 Å². The van der Waals surface area contributed by atoms with Crippen molar-refractivity contribution < 1.29 is 9.72 Å². The molecular formula is C12H17N3O3. The van der Waals surface area contributed by atoms with Gasteiger partial charge in [0.05, 0.1) is 4.92 Å². The first kappa shape index (κ1) is 14.1. The van der Waals surface area contributed by atoms with E-state index in [1.54, 1.807) is 26.8 Å². The topological polar surface area (TPSA) is 98.3 Å². The lowest BCUT2D eigenvalue weighted by atomic mass is 10.0. The molecule has 0 fully saturated rings. The molecule has 0 aliphatic carbocycles. The molecule has 6 heteroatoms. The number of nitrogens with zero attached hydrogens (tertiary/aromatic N) is 1. The number of rotatable bonds is 4. The van der Waals surface area contributed by atoms with Gasteiger partial charge in [0.25, 0.3) is 11.6 Å². The Kier molecular flexibility index (Phi) is 4.03. The summed E-state index contributed by atoms with van der Waals surface area (Å²) in [5.74, 6) is -0.485. The molecule has 1 rings (SSSR count). The maximum atomic E-state index is 12.0. The Balaban J connectivity index is 3.12. The van der Waals surface area contributed by atoms with E-state index in [0.717, 1.165) is 5.56 Å². The Morgan fingerprint density at radius 3 is 2.61 bits per heavy atom. The first-order valence-electron chi connectivity index (χ1n) is 5.54. The highest BCUT2D eigenvalue weighted by Crippen LogP contribution is 2.20. The van der Waals surface area contributed by atoms with Gasteiger partial charge in [-0.25, -0.2) is 0 Å². The van der Waals surface area contributed by atoms with Crippen LogP contribution in [0.25, 0.3) is 0 Å². The van der Waals surface area contributed by atoms with E-state index in [2.05, 4.69) is 5.32 Å². The second-order valence-electron chi connectivity index (χ2n) is 4.82. The maximum absolute atomic E-state index is 12.0. The van der Waals surface area contributed by atoms with Crippen molar-refractivity contribution in [3.63, 3.8) is 0 Å². The molecule has 0 saturated heterocycles. The molecule has 0 spiro atoms. The number of nitrogens with one attached hydrogen (secondary N) is 1. The molecule has 0 aliphatic rings. The van der Waals surface area contributed by atoms with Gasteiger partial charge in [-0.1, -0.05) is 6.07 Å². The summed E-state index contributed by atoms with van der Waals surface area (Å²) in [5.41, 5.74) is 5.55. The third-order valence-corrected chi connectivity index (χ3v) is 2.56. The lowest BCUT2D eigenvalue weighted by molar-refractivity contribution is -0.385. The highest BCUT2D eigenvalue weighted by molar-refractivity contribution is 5.98. The van der Waals surface area contributed by atoms with Crippen molar-refractivity contribution in [2.75, 3.05) is 6.54 Å². The van der Waals surface area contributed by atoms with Gasteiger partial charge in [0.15, 0.2) is 0 Å². The van der Waals surface area contributed by atoms with Crippen LogP contribution in [0.15, 0.2) is 18.2 Å². The number of carbonyl (C=O) groups is 1. The molecule has 0 atom stereocenters. The average molecular weight is 251 g/mol. The molecule has 0 radical (unpaired) electrons. The predicted molar refractivity (Wildman–Crippen MR) is 68.4 cm³/mol. The highest BCUT2D eigenvalue weighted by atomic mass is 16.6. The molecule has 1 aromatic carbocycles. The first-order valence-corrected chi connectivity index (χ1v) is 5.54. The first-order chi connectivity index (χ1) is 8.26. The molecule has 0 aromatic heterocycles. The fraction of sp³-hybridized carbons (Fsp3) is 0.417. The molecule has 0 saturated carbocycles. The summed E-state index contributed by atoms with van der Waals surface area (Å²) in [6.45, 7) is 5.53. The second kappa shape index (κ2) is 5.14. The average Bonchev–Trinajstić information content (AvgIpc) is 2.28. The number of nitro benzene ring substituents is 1. The zero-order valence-electron chi connectivity index (χ0n) is 10.7. The summed E-state index contributed by atoms with van der Waals surface area (Å²) in [4.78, 5) is 22.3. The van der Waals surface area contributed by atoms with Gasteiger partial charge in [-0.05, 0) is 32.4 Å². The smallest absolute Gasteiger partial charge is 0.282 e. The molecule has 1 amide bonds. The van der Waals surface area contributed by atoms with Crippen LogP contribution in [0.3, 0.4) is 0 Å². The number of nitrogens with two attached hydrogens (primary N) is 1. The van der Waals surface area contributed by atoms with Crippen molar-refractivity contribution in [1.29, 1.82) is 0 Å². The summed E-state index contributed by atoms with van der Waals surface area (Å²) in [5, 5.41) is 13.5. The van der Waals surface area contributed by atoms with Gasteiger partial charge in [0, 0.05) is 18.2 Å². The van der Waals surface area contributed by atoms with E-state index in [-0.39, 0.29) is 17.8 Å². The Labute approximate surface area is 105 Å². The summed E-state index contributed by atoms with van der Waals surface area (Å²) in [6.07, 6.45) is 0. The van der Waals surface area contributed by atoms with Crippen molar-refractivity contribution in [2.24, 2.45) is 5.73 Å². The van der Waals surface area contributed by atoms with Crippen LogP contribution >= 0.6 is 0 Å². The van der Waals surface area contributed by atoms with E-state index >= 15 is 0 Å². The van der Waals surface area contributed by atoms with Gasteiger partial charge in [0.1, 0.15) is 5.56 Å². The minimum Gasteiger partial charge on any atom is -0.346 e. The van der Waals surface area contributed by atoms with Crippen LogP contribution in [0.1, 0.15) is 29.8 Å². The monoisotopic (exact) mass is 251 g/mol. The minimum absolute atomic E-state index is 0.0570. The van der Waals surface area contributed by atoms with E-state index < -0.39 is 16.4 Å². The van der Waals surface area contributed by atoms with Crippen LogP contribution in [0.2, 0.25) is 0 Å². The number of benzene rings is 1. The van der Waals surface area contributed by atoms with Crippen molar-refractivity contribution in [1.82, 2.24) is 5.32 Å². The van der Waals surface area contributed by atoms with Gasteiger partial charge in [0.2, 0.25) is 0 Å². The number of hydrogen-bond acceptors (Lipinski definition) is 4. The molecule has 1 aromatic rings. The third kappa shape index (κ3) is 3.27. The Hall–Kier alpha value is -1.95. The van der Waals surface area contributed by atoms with E-state index in [9.17, 15) is 14.9 Å². The van der Waals surface area contributed by atoms with Crippen LogP contribution in [0.5, 0.6) is 0 Å².